The average molecular weight is 283 g/mol. The molecule has 0 spiro atoms. The third-order valence-corrected chi connectivity index (χ3v) is 3.29. The van der Waals surface area contributed by atoms with Crippen molar-refractivity contribution in [2.75, 3.05) is 7.11 Å². The molecule has 4 heteroatoms. The van der Waals surface area contributed by atoms with E-state index in [0.717, 1.165) is 17.4 Å². The van der Waals surface area contributed by atoms with Gasteiger partial charge in [0.05, 0.1) is 13.2 Å². The molecule has 0 bridgehead atoms. The molecule has 0 saturated carbocycles. The average Bonchev–Trinajstić information content (AvgIpc) is 2.56. The summed E-state index contributed by atoms with van der Waals surface area (Å²) in [4.78, 5) is 22.9. The number of methoxy groups -OCH3 is 1. The minimum absolute atomic E-state index is 0.260. The van der Waals surface area contributed by atoms with E-state index >= 15 is 0 Å². The molecule has 0 aliphatic carbocycles. The summed E-state index contributed by atoms with van der Waals surface area (Å²) in [5, 5.41) is 2.58. The second kappa shape index (κ2) is 7.24. The van der Waals surface area contributed by atoms with Gasteiger partial charge in [0.1, 0.15) is 6.29 Å². The predicted molar refractivity (Wildman–Crippen MR) is 80.1 cm³/mol. The van der Waals surface area contributed by atoms with Gasteiger partial charge in [-0.25, -0.2) is 4.79 Å². The number of ether oxygens (including phenoxy) is 1. The van der Waals surface area contributed by atoms with Crippen LogP contribution in [-0.4, -0.2) is 25.5 Å². The highest BCUT2D eigenvalue weighted by atomic mass is 16.5. The molecule has 2 aromatic rings. The number of amides is 1. The summed E-state index contributed by atoms with van der Waals surface area (Å²) in [5.74, 6) is -0.260. The Labute approximate surface area is 123 Å². The van der Waals surface area contributed by atoms with E-state index in [0.29, 0.717) is 0 Å². The Balaban J connectivity index is 2.40. The quantitative estimate of drug-likeness (QED) is 0.858. The maximum absolute atomic E-state index is 11.5. The molecule has 1 atom stereocenters. The molecule has 2 rings (SSSR count). The van der Waals surface area contributed by atoms with Gasteiger partial charge in [0.2, 0.25) is 0 Å². The van der Waals surface area contributed by atoms with Crippen LogP contribution in [0.5, 0.6) is 0 Å². The number of hydrogen-bond donors (Lipinski definition) is 1. The van der Waals surface area contributed by atoms with E-state index in [9.17, 15) is 9.59 Å². The third kappa shape index (κ3) is 3.69. The fraction of sp³-hybridized carbons (Fsp3) is 0.176. The molecule has 21 heavy (non-hydrogen) atoms. The molecule has 0 aliphatic rings. The zero-order valence-corrected chi connectivity index (χ0v) is 11.7. The molecule has 1 amide bonds. The van der Waals surface area contributed by atoms with Crippen LogP contribution in [0.15, 0.2) is 60.7 Å². The lowest BCUT2D eigenvalue weighted by Gasteiger charge is -2.24. The van der Waals surface area contributed by atoms with Crippen molar-refractivity contribution in [2.24, 2.45) is 0 Å². The van der Waals surface area contributed by atoms with Gasteiger partial charge < -0.3 is 14.8 Å². The van der Waals surface area contributed by atoms with E-state index in [2.05, 4.69) is 10.1 Å². The molecular formula is C17H17NO3. The van der Waals surface area contributed by atoms with Gasteiger partial charge in [-0.3, -0.25) is 0 Å². The van der Waals surface area contributed by atoms with Crippen LogP contribution in [0.3, 0.4) is 0 Å². The summed E-state index contributed by atoms with van der Waals surface area (Å²) in [6.45, 7) is 0. The first-order valence-corrected chi connectivity index (χ1v) is 6.66. The Kier molecular flexibility index (Phi) is 5.10. The summed E-state index contributed by atoms with van der Waals surface area (Å²) in [6, 6.07) is 18.5. The van der Waals surface area contributed by atoms with Crippen LogP contribution in [0.4, 0.5) is 4.79 Å². The normalized spacial score (nSPS) is 11.7. The molecule has 0 radical (unpaired) electrons. The van der Waals surface area contributed by atoms with Gasteiger partial charge in [-0.05, 0) is 11.1 Å². The van der Waals surface area contributed by atoms with Gasteiger partial charge in [0.25, 0.3) is 0 Å². The Morgan fingerprint density at radius 1 is 1.00 bits per heavy atom. The molecule has 0 aromatic heterocycles. The summed E-state index contributed by atoms with van der Waals surface area (Å²) in [5.41, 5.74) is 1.91. The summed E-state index contributed by atoms with van der Waals surface area (Å²) in [7, 11) is 1.28. The molecule has 4 nitrogen and oxygen atoms in total. The van der Waals surface area contributed by atoms with Crippen LogP contribution in [0.25, 0.3) is 0 Å². The van der Waals surface area contributed by atoms with E-state index in [-0.39, 0.29) is 5.92 Å². The van der Waals surface area contributed by atoms with Crippen molar-refractivity contribution in [3.8, 4) is 0 Å². The SMILES string of the molecule is COC(=O)NC(C=O)C(c1ccccc1)c1ccccc1. The van der Waals surface area contributed by atoms with Crippen molar-refractivity contribution in [3.05, 3.63) is 71.8 Å². The Hall–Kier alpha value is -2.62. The topological polar surface area (TPSA) is 55.4 Å². The lowest BCUT2D eigenvalue weighted by molar-refractivity contribution is -0.109. The smallest absolute Gasteiger partial charge is 0.407 e. The molecular weight excluding hydrogens is 266 g/mol. The maximum Gasteiger partial charge on any atom is 0.407 e. The number of carbonyl (C=O) groups excluding carboxylic acids is 2. The zero-order chi connectivity index (χ0) is 15.1. The summed E-state index contributed by atoms with van der Waals surface area (Å²) < 4.78 is 4.60. The van der Waals surface area contributed by atoms with E-state index in [1.165, 1.54) is 7.11 Å². The number of aldehydes is 1. The van der Waals surface area contributed by atoms with Crippen LogP contribution < -0.4 is 5.32 Å². The van der Waals surface area contributed by atoms with Crippen molar-refractivity contribution < 1.29 is 14.3 Å². The van der Waals surface area contributed by atoms with Crippen LogP contribution in [-0.2, 0) is 9.53 Å². The van der Waals surface area contributed by atoms with Crippen molar-refractivity contribution in [1.29, 1.82) is 0 Å². The van der Waals surface area contributed by atoms with Gasteiger partial charge >= 0.3 is 6.09 Å². The molecule has 2 aromatic carbocycles. The van der Waals surface area contributed by atoms with E-state index < -0.39 is 12.1 Å². The standard InChI is InChI=1S/C17H17NO3/c1-21-17(20)18-15(12-19)16(13-8-4-2-5-9-13)14-10-6-3-7-11-14/h2-12,15-16H,1H3,(H,18,20). The maximum atomic E-state index is 11.5. The van der Waals surface area contributed by atoms with Crippen molar-refractivity contribution in [2.45, 2.75) is 12.0 Å². The van der Waals surface area contributed by atoms with Crippen LogP contribution in [0.2, 0.25) is 0 Å². The van der Waals surface area contributed by atoms with Gasteiger partial charge in [-0.1, -0.05) is 60.7 Å². The summed E-state index contributed by atoms with van der Waals surface area (Å²) in [6.07, 6.45) is 0.116. The molecule has 108 valence electrons. The minimum Gasteiger partial charge on any atom is -0.453 e. The van der Waals surface area contributed by atoms with Gasteiger partial charge in [-0.15, -0.1) is 0 Å². The van der Waals surface area contributed by atoms with Gasteiger partial charge in [-0.2, -0.15) is 0 Å². The van der Waals surface area contributed by atoms with Crippen molar-refractivity contribution in [1.82, 2.24) is 5.32 Å². The van der Waals surface area contributed by atoms with Crippen molar-refractivity contribution in [3.63, 3.8) is 0 Å². The highest BCUT2D eigenvalue weighted by Gasteiger charge is 2.26. The number of rotatable bonds is 5. The molecule has 1 N–H and O–H groups in total. The van der Waals surface area contributed by atoms with Crippen LogP contribution in [0, 0.1) is 0 Å². The molecule has 0 fully saturated rings. The van der Waals surface area contributed by atoms with E-state index in [1.54, 1.807) is 0 Å². The van der Waals surface area contributed by atoms with E-state index in [4.69, 9.17) is 0 Å². The minimum atomic E-state index is -0.692. The monoisotopic (exact) mass is 283 g/mol. The number of benzene rings is 2. The summed E-state index contributed by atoms with van der Waals surface area (Å²) >= 11 is 0. The van der Waals surface area contributed by atoms with E-state index in [1.807, 2.05) is 60.7 Å². The first-order valence-electron chi connectivity index (χ1n) is 6.66. The van der Waals surface area contributed by atoms with Crippen LogP contribution in [0.1, 0.15) is 17.0 Å². The molecule has 0 aliphatic heterocycles. The third-order valence-electron chi connectivity index (χ3n) is 3.29. The Morgan fingerprint density at radius 3 is 1.86 bits per heavy atom. The fourth-order valence-electron chi connectivity index (χ4n) is 2.32. The number of alkyl carbamates (subject to hydrolysis) is 1. The lowest BCUT2D eigenvalue weighted by Crippen LogP contribution is -2.40. The molecule has 0 heterocycles. The second-order valence-corrected chi connectivity index (χ2v) is 4.60. The highest BCUT2D eigenvalue weighted by molar-refractivity contribution is 5.74. The first-order chi connectivity index (χ1) is 10.3. The van der Waals surface area contributed by atoms with Gasteiger partial charge in [0, 0.05) is 5.92 Å². The van der Waals surface area contributed by atoms with Crippen molar-refractivity contribution >= 4 is 12.4 Å². The predicted octanol–water partition coefficient (Wildman–Crippen LogP) is 2.74. The number of carbonyl (C=O) groups is 2. The first kappa shape index (κ1) is 14.8. The lowest BCUT2D eigenvalue weighted by atomic mass is 9.85. The molecule has 1 unspecified atom stereocenters. The Morgan fingerprint density at radius 2 is 1.48 bits per heavy atom. The van der Waals surface area contributed by atoms with Gasteiger partial charge in [0.15, 0.2) is 0 Å². The zero-order valence-electron chi connectivity index (χ0n) is 11.7. The Bertz CT molecular complexity index is 544. The number of hydrogen-bond acceptors (Lipinski definition) is 3. The number of nitrogens with one attached hydrogen (secondary N) is 1. The highest BCUT2D eigenvalue weighted by Crippen LogP contribution is 2.27. The van der Waals surface area contributed by atoms with Crippen LogP contribution >= 0.6 is 0 Å². The fourth-order valence-corrected chi connectivity index (χ4v) is 2.32. The second-order valence-electron chi connectivity index (χ2n) is 4.60. The molecule has 0 saturated heterocycles. The largest absolute Gasteiger partial charge is 0.453 e.